The Balaban J connectivity index is 1.82. The summed E-state index contributed by atoms with van der Waals surface area (Å²) < 4.78 is 10.5. The number of carbonyl (C=O) groups is 2. The minimum Gasteiger partial charge on any atom is -0.494 e. The summed E-state index contributed by atoms with van der Waals surface area (Å²) in [5.41, 5.74) is 2.09. The van der Waals surface area contributed by atoms with Gasteiger partial charge in [0.1, 0.15) is 5.75 Å². The van der Waals surface area contributed by atoms with E-state index in [9.17, 15) is 9.59 Å². The molecule has 126 valence electrons. The first kappa shape index (κ1) is 17.5. The molecule has 2 aromatic carbocycles. The minimum absolute atomic E-state index is 0.332. The second kappa shape index (κ2) is 8.72. The fourth-order valence-electron chi connectivity index (χ4n) is 2.04. The number of carbonyl (C=O) groups excluding carboxylic acids is 2. The number of esters is 1. The van der Waals surface area contributed by atoms with Crippen LogP contribution in [0.4, 0.5) is 5.69 Å². The quantitative estimate of drug-likeness (QED) is 0.790. The summed E-state index contributed by atoms with van der Waals surface area (Å²) in [6.45, 7) is 4.25. The molecule has 0 saturated carbocycles. The molecule has 0 bridgehead atoms. The van der Waals surface area contributed by atoms with Gasteiger partial charge in [-0.05, 0) is 55.3 Å². The Morgan fingerprint density at radius 1 is 1.08 bits per heavy atom. The molecule has 0 unspecified atom stereocenters. The number of amides is 1. The van der Waals surface area contributed by atoms with Crippen LogP contribution in [-0.2, 0) is 9.53 Å². The van der Waals surface area contributed by atoms with E-state index in [1.54, 1.807) is 30.3 Å². The van der Waals surface area contributed by atoms with Gasteiger partial charge in [-0.3, -0.25) is 4.79 Å². The van der Waals surface area contributed by atoms with Gasteiger partial charge in [-0.2, -0.15) is 0 Å². The monoisotopic (exact) mass is 327 g/mol. The van der Waals surface area contributed by atoms with Crippen LogP contribution >= 0.6 is 0 Å². The molecule has 5 nitrogen and oxygen atoms in total. The third-order valence-electron chi connectivity index (χ3n) is 3.20. The van der Waals surface area contributed by atoms with Gasteiger partial charge in [0, 0.05) is 5.69 Å². The van der Waals surface area contributed by atoms with Crippen LogP contribution in [-0.4, -0.2) is 25.1 Å². The lowest BCUT2D eigenvalue weighted by Crippen LogP contribution is -2.20. The van der Waals surface area contributed by atoms with Crippen LogP contribution in [0.1, 0.15) is 29.3 Å². The number of rotatable bonds is 7. The van der Waals surface area contributed by atoms with Crippen LogP contribution in [0.25, 0.3) is 0 Å². The van der Waals surface area contributed by atoms with E-state index >= 15 is 0 Å². The van der Waals surface area contributed by atoms with Crippen molar-refractivity contribution >= 4 is 17.6 Å². The molecule has 0 heterocycles. The zero-order chi connectivity index (χ0) is 17.4. The number of nitrogens with one attached hydrogen (secondary N) is 1. The standard InChI is InChI=1S/C19H21NO4/c1-3-11-23-17-9-7-15(8-10-17)19(22)24-13-18(21)20-16-6-4-5-14(2)12-16/h4-10,12H,3,11,13H2,1-2H3,(H,20,21). The van der Waals surface area contributed by atoms with Gasteiger partial charge in [-0.25, -0.2) is 4.79 Å². The summed E-state index contributed by atoms with van der Waals surface area (Å²) in [6, 6.07) is 14.1. The Morgan fingerprint density at radius 3 is 2.50 bits per heavy atom. The molecule has 2 rings (SSSR count). The summed E-state index contributed by atoms with van der Waals surface area (Å²) in [5.74, 6) is -0.223. The van der Waals surface area contributed by atoms with Crippen LogP contribution in [0.3, 0.4) is 0 Å². The first-order chi connectivity index (χ1) is 11.6. The van der Waals surface area contributed by atoms with Gasteiger partial charge in [-0.1, -0.05) is 19.1 Å². The summed E-state index contributed by atoms with van der Waals surface area (Å²) in [7, 11) is 0. The maximum atomic E-state index is 11.9. The molecule has 0 aliphatic rings. The van der Waals surface area contributed by atoms with Crippen molar-refractivity contribution in [2.24, 2.45) is 0 Å². The van der Waals surface area contributed by atoms with E-state index in [0.717, 1.165) is 12.0 Å². The average molecular weight is 327 g/mol. The highest BCUT2D eigenvalue weighted by Gasteiger charge is 2.10. The van der Waals surface area contributed by atoms with E-state index in [-0.39, 0.29) is 12.5 Å². The molecule has 0 atom stereocenters. The lowest BCUT2D eigenvalue weighted by atomic mass is 10.2. The van der Waals surface area contributed by atoms with Crippen LogP contribution in [0.5, 0.6) is 5.75 Å². The zero-order valence-electron chi connectivity index (χ0n) is 13.9. The van der Waals surface area contributed by atoms with Gasteiger partial charge in [0.15, 0.2) is 6.61 Å². The number of hydrogen-bond acceptors (Lipinski definition) is 4. The van der Waals surface area contributed by atoms with E-state index in [0.29, 0.717) is 23.6 Å². The fourth-order valence-corrected chi connectivity index (χ4v) is 2.04. The molecular formula is C19H21NO4. The second-order valence-corrected chi connectivity index (χ2v) is 5.37. The first-order valence-corrected chi connectivity index (χ1v) is 7.85. The van der Waals surface area contributed by atoms with Gasteiger partial charge in [0.25, 0.3) is 5.91 Å². The third-order valence-corrected chi connectivity index (χ3v) is 3.20. The molecule has 1 N–H and O–H groups in total. The van der Waals surface area contributed by atoms with Crippen molar-refractivity contribution in [1.29, 1.82) is 0 Å². The van der Waals surface area contributed by atoms with Gasteiger partial charge in [-0.15, -0.1) is 0 Å². The molecule has 2 aromatic rings. The van der Waals surface area contributed by atoms with Crippen molar-refractivity contribution in [2.45, 2.75) is 20.3 Å². The fraction of sp³-hybridized carbons (Fsp3) is 0.263. The van der Waals surface area contributed by atoms with Gasteiger partial charge >= 0.3 is 5.97 Å². The van der Waals surface area contributed by atoms with Crippen molar-refractivity contribution in [2.75, 3.05) is 18.5 Å². The predicted molar refractivity (Wildman–Crippen MR) is 92.3 cm³/mol. The molecule has 1 amide bonds. The molecular weight excluding hydrogens is 306 g/mol. The number of aryl methyl sites for hydroxylation is 1. The largest absolute Gasteiger partial charge is 0.494 e. The van der Waals surface area contributed by atoms with Crippen LogP contribution in [0.15, 0.2) is 48.5 Å². The minimum atomic E-state index is -0.545. The molecule has 0 spiro atoms. The van der Waals surface area contributed by atoms with Crippen molar-refractivity contribution in [1.82, 2.24) is 0 Å². The summed E-state index contributed by atoms with van der Waals surface area (Å²) >= 11 is 0. The molecule has 0 aliphatic carbocycles. The van der Waals surface area contributed by atoms with Crippen LogP contribution < -0.4 is 10.1 Å². The van der Waals surface area contributed by atoms with Crippen LogP contribution in [0.2, 0.25) is 0 Å². The predicted octanol–water partition coefficient (Wildman–Crippen LogP) is 3.58. The Labute approximate surface area is 141 Å². The van der Waals surface area contributed by atoms with Gasteiger partial charge < -0.3 is 14.8 Å². The number of anilines is 1. The lowest BCUT2D eigenvalue weighted by Gasteiger charge is -2.08. The highest BCUT2D eigenvalue weighted by Crippen LogP contribution is 2.13. The number of benzene rings is 2. The smallest absolute Gasteiger partial charge is 0.338 e. The molecule has 0 radical (unpaired) electrons. The first-order valence-electron chi connectivity index (χ1n) is 7.85. The van der Waals surface area contributed by atoms with Crippen molar-refractivity contribution in [3.05, 3.63) is 59.7 Å². The van der Waals surface area contributed by atoms with E-state index < -0.39 is 5.97 Å². The SMILES string of the molecule is CCCOc1ccc(C(=O)OCC(=O)Nc2cccc(C)c2)cc1. The normalized spacial score (nSPS) is 10.1. The van der Waals surface area contributed by atoms with Crippen molar-refractivity contribution < 1.29 is 19.1 Å². The molecule has 24 heavy (non-hydrogen) atoms. The molecule has 0 fully saturated rings. The molecule has 5 heteroatoms. The summed E-state index contributed by atoms with van der Waals surface area (Å²) in [5, 5.41) is 2.69. The number of ether oxygens (including phenoxy) is 2. The summed E-state index contributed by atoms with van der Waals surface area (Å²) in [4.78, 5) is 23.8. The molecule has 0 aliphatic heterocycles. The van der Waals surface area contributed by atoms with Crippen LogP contribution in [0, 0.1) is 6.92 Å². The highest BCUT2D eigenvalue weighted by molar-refractivity contribution is 5.95. The average Bonchev–Trinajstić information content (AvgIpc) is 2.58. The third kappa shape index (κ3) is 5.43. The highest BCUT2D eigenvalue weighted by atomic mass is 16.5. The maximum absolute atomic E-state index is 11.9. The molecule has 0 saturated heterocycles. The zero-order valence-corrected chi connectivity index (χ0v) is 13.9. The van der Waals surface area contributed by atoms with Crippen molar-refractivity contribution in [3.8, 4) is 5.75 Å². The van der Waals surface area contributed by atoms with E-state index in [1.165, 1.54) is 0 Å². The molecule has 0 aromatic heterocycles. The van der Waals surface area contributed by atoms with Gasteiger partial charge in [0.2, 0.25) is 0 Å². The Kier molecular flexibility index (Phi) is 6.37. The Bertz CT molecular complexity index is 695. The van der Waals surface area contributed by atoms with E-state index in [2.05, 4.69) is 5.32 Å². The Morgan fingerprint density at radius 2 is 1.83 bits per heavy atom. The lowest BCUT2D eigenvalue weighted by molar-refractivity contribution is -0.119. The maximum Gasteiger partial charge on any atom is 0.338 e. The topological polar surface area (TPSA) is 64.6 Å². The Hall–Kier alpha value is -2.82. The number of hydrogen-bond donors (Lipinski definition) is 1. The van der Waals surface area contributed by atoms with Gasteiger partial charge in [0.05, 0.1) is 12.2 Å². The van der Waals surface area contributed by atoms with E-state index in [4.69, 9.17) is 9.47 Å². The van der Waals surface area contributed by atoms with Crippen molar-refractivity contribution in [3.63, 3.8) is 0 Å². The second-order valence-electron chi connectivity index (χ2n) is 5.37. The summed E-state index contributed by atoms with van der Waals surface area (Å²) in [6.07, 6.45) is 0.917. The van der Waals surface area contributed by atoms with E-state index in [1.807, 2.05) is 32.0 Å².